The van der Waals surface area contributed by atoms with E-state index in [2.05, 4.69) is 122 Å². The highest BCUT2D eigenvalue weighted by atomic mass is 32.1. The molecule has 0 radical (unpaired) electrons. The standard InChI is InChI=1S/C43H44N2OS/c1-27(2)28-16-18-29(19-17-28)30-12-11-13-31(22-30)36-24-34(43(6,7)8)25-39-40(36)45-41(47-39)35-14-9-10-15-37(35)44-26-32-23-33(42(3,4)5)20-21-38(32)46/h9-27,46H,1-8H3. The quantitative estimate of drug-likeness (QED) is 0.185. The molecule has 238 valence electrons. The lowest BCUT2D eigenvalue weighted by Gasteiger charge is -2.20. The molecule has 47 heavy (non-hydrogen) atoms. The number of hydrogen-bond donors (Lipinski definition) is 1. The summed E-state index contributed by atoms with van der Waals surface area (Å²) in [5, 5.41) is 11.5. The summed E-state index contributed by atoms with van der Waals surface area (Å²) in [6, 6.07) is 36.3. The Morgan fingerprint density at radius 2 is 1.38 bits per heavy atom. The van der Waals surface area contributed by atoms with Crippen molar-refractivity contribution in [1.29, 1.82) is 0 Å². The van der Waals surface area contributed by atoms with Crippen LogP contribution in [0, 0.1) is 0 Å². The van der Waals surface area contributed by atoms with Gasteiger partial charge in [0.25, 0.3) is 0 Å². The monoisotopic (exact) mass is 636 g/mol. The Morgan fingerprint density at radius 1 is 0.681 bits per heavy atom. The first kappa shape index (κ1) is 32.4. The molecule has 6 rings (SSSR count). The highest BCUT2D eigenvalue weighted by Crippen LogP contribution is 2.42. The van der Waals surface area contributed by atoms with E-state index >= 15 is 0 Å². The molecule has 6 aromatic rings. The van der Waals surface area contributed by atoms with Gasteiger partial charge in [0.1, 0.15) is 10.8 Å². The fraction of sp³-hybridized carbons (Fsp3) is 0.256. The number of aromatic hydroxyl groups is 1. The minimum atomic E-state index is -0.0310. The number of aromatic nitrogens is 1. The van der Waals surface area contributed by atoms with Crippen molar-refractivity contribution in [2.45, 2.75) is 72.1 Å². The van der Waals surface area contributed by atoms with Crippen LogP contribution < -0.4 is 0 Å². The number of aliphatic imine (C=N–C) groups is 1. The lowest BCUT2D eigenvalue weighted by atomic mass is 9.85. The third kappa shape index (κ3) is 6.94. The van der Waals surface area contributed by atoms with Gasteiger partial charge in [0, 0.05) is 22.9 Å². The van der Waals surface area contributed by atoms with E-state index in [-0.39, 0.29) is 16.6 Å². The van der Waals surface area contributed by atoms with E-state index in [4.69, 9.17) is 9.98 Å². The number of benzene rings is 5. The Kier molecular flexibility index (Phi) is 8.67. The van der Waals surface area contributed by atoms with Gasteiger partial charge in [-0.05, 0) is 92.6 Å². The first-order valence-corrected chi connectivity index (χ1v) is 17.2. The number of thiazole rings is 1. The van der Waals surface area contributed by atoms with Crippen LogP contribution in [-0.2, 0) is 10.8 Å². The second kappa shape index (κ2) is 12.6. The minimum Gasteiger partial charge on any atom is -0.507 e. The molecule has 0 spiro atoms. The average Bonchev–Trinajstić information content (AvgIpc) is 3.47. The Balaban J connectivity index is 1.45. The molecule has 1 aromatic heterocycles. The second-order valence-electron chi connectivity index (χ2n) is 14.8. The molecule has 1 heterocycles. The number of para-hydroxylation sites is 1. The van der Waals surface area contributed by atoms with E-state index in [0.717, 1.165) is 43.2 Å². The molecule has 0 aliphatic carbocycles. The van der Waals surface area contributed by atoms with Crippen LogP contribution in [0.5, 0.6) is 5.75 Å². The van der Waals surface area contributed by atoms with Gasteiger partial charge in [-0.15, -0.1) is 11.3 Å². The number of fused-ring (bicyclic) bond motifs is 1. The number of phenols is 1. The zero-order chi connectivity index (χ0) is 33.5. The highest BCUT2D eigenvalue weighted by Gasteiger charge is 2.21. The van der Waals surface area contributed by atoms with Gasteiger partial charge in [-0.3, -0.25) is 4.99 Å². The summed E-state index contributed by atoms with van der Waals surface area (Å²) in [5.41, 5.74) is 11.9. The summed E-state index contributed by atoms with van der Waals surface area (Å²) >= 11 is 1.70. The third-order valence-electron chi connectivity index (χ3n) is 8.82. The molecule has 0 amide bonds. The highest BCUT2D eigenvalue weighted by molar-refractivity contribution is 7.21. The van der Waals surface area contributed by atoms with Gasteiger partial charge in [0.05, 0.1) is 15.9 Å². The van der Waals surface area contributed by atoms with Crippen molar-refractivity contribution >= 4 is 33.5 Å². The van der Waals surface area contributed by atoms with Crippen molar-refractivity contribution < 1.29 is 5.11 Å². The van der Waals surface area contributed by atoms with E-state index in [1.807, 2.05) is 30.3 Å². The zero-order valence-corrected chi connectivity index (χ0v) is 29.5. The SMILES string of the molecule is CC(C)c1ccc(-c2cccc(-c3cc(C(C)(C)C)cc4sc(-c5ccccc5N=Cc5cc(C(C)(C)C)ccc5O)nc34)c2)cc1. The van der Waals surface area contributed by atoms with Gasteiger partial charge in [0.2, 0.25) is 0 Å². The molecular weight excluding hydrogens is 593 g/mol. The fourth-order valence-electron chi connectivity index (χ4n) is 5.76. The van der Waals surface area contributed by atoms with Crippen LogP contribution in [0.2, 0.25) is 0 Å². The molecule has 0 fully saturated rings. The molecule has 0 unspecified atom stereocenters. The molecule has 1 N–H and O–H groups in total. The number of rotatable bonds is 6. The van der Waals surface area contributed by atoms with Gasteiger partial charge < -0.3 is 5.11 Å². The zero-order valence-electron chi connectivity index (χ0n) is 28.7. The van der Waals surface area contributed by atoms with Gasteiger partial charge in [0.15, 0.2) is 0 Å². The van der Waals surface area contributed by atoms with Crippen molar-refractivity contribution in [3.8, 4) is 38.6 Å². The van der Waals surface area contributed by atoms with Crippen molar-refractivity contribution in [1.82, 2.24) is 4.98 Å². The summed E-state index contributed by atoms with van der Waals surface area (Å²) < 4.78 is 1.16. The predicted octanol–water partition coefficient (Wildman–Crippen LogP) is 12.5. The Morgan fingerprint density at radius 3 is 2.09 bits per heavy atom. The minimum absolute atomic E-state index is 0.0246. The fourth-order valence-corrected chi connectivity index (χ4v) is 6.82. The number of nitrogens with zero attached hydrogens (tertiary/aromatic N) is 2. The predicted molar refractivity (Wildman–Crippen MR) is 203 cm³/mol. The first-order chi connectivity index (χ1) is 22.3. The van der Waals surface area contributed by atoms with Crippen molar-refractivity contribution in [2.24, 2.45) is 4.99 Å². The summed E-state index contributed by atoms with van der Waals surface area (Å²) in [6.07, 6.45) is 1.76. The van der Waals surface area contributed by atoms with Crippen LogP contribution in [0.25, 0.3) is 43.0 Å². The largest absolute Gasteiger partial charge is 0.507 e. The summed E-state index contributed by atoms with van der Waals surface area (Å²) in [5.74, 6) is 0.724. The molecule has 0 saturated heterocycles. The van der Waals surface area contributed by atoms with E-state index in [0.29, 0.717) is 11.5 Å². The molecule has 0 atom stereocenters. The molecular formula is C43H44N2OS. The van der Waals surface area contributed by atoms with Crippen molar-refractivity contribution in [2.75, 3.05) is 0 Å². The molecule has 0 aliphatic heterocycles. The van der Waals surface area contributed by atoms with E-state index in [9.17, 15) is 5.11 Å². The summed E-state index contributed by atoms with van der Waals surface area (Å²) in [6.45, 7) is 17.8. The van der Waals surface area contributed by atoms with Gasteiger partial charge in [-0.2, -0.15) is 0 Å². The average molecular weight is 637 g/mol. The van der Waals surface area contributed by atoms with E-state index < -0.39 is 0 Å². The lowest BCUT2D eigenvalue weighted by Crippen LogP contribution is -2.11. The van der Waals surface area contributed by atoms with E-state index in [1.54, 1.807) is 23.6 Å². The third-order valence-corrected chi connectivity index (χ3v) is 9.85. The van der Waals surface area contributed by atoms with Crippen molar-refractivity contribution in [3.63, 3.8) is 0 Å². The topological polar surface area (TPSA) is 45.5 Å². The summed E-state index contributed by atoms with van der Waals surface area (Å²) in [7, 11) is 0. The van der Waals surface area contributed by atoms with Gasteiger partial charge in [-0.1, -0.05) is 116 Å². The van der Waals surface area contributed by atoms with Gasteiger partial charge in [-0.25, -0.2) is 4.98 Å². The van der Waals surface area contributed by atoms with Crippen LogP contribution in [0.15, 0.2) is 108 Å². The van der Waals surface area contributed by atoms with Crippen LogP contribution in [0.4, 0.5) is 5.69 Å². The Bertz CT molecular complexity index is 2090. The molecule has 3 nitrogen and oxygen atoms in total. The normalized spacial score (nSPS) is 12.4. The Labute approximate surface area is 283 Å². The molecule has 0 saturated carbocycles. The Hall–Kier alpha value is -4.54. The maximum absolute atomic E-state index is 10.6. The molecule has 0 aliphatic rings. The van der Waals surface area contributed by atoms with Crippen molar-refractivity contribution in [3.05, 3.63) is 125 Å². The van der Waals surface area contributed by atoms with Crippen LogP contribution >= 0.6 is 11.3 Å². The molecule has 0 bridgehead atoms. The first-order valence-electron chi connectivity index (χ1n) is 16.4. The maximum atomic E-state index is 10.6. The molecule has 4 heteroatoms. The van der Waals surface area contributed by atoms with Crippen LogP contribution in [0.1, 0.15) is 83.6 Å². The lowest BCUT2D eigenvalue weighted by molar-refractivity contribution is 0.473. The van der Waals surface area contributed by atoms with E-state index in [1.165, 1.54) is 22.3 Å². The van der Waals surface area contributed by atoms with Crippen LogP contribution in [0.3, 0.4) is 0 Å². The molecule has 5 aromatic carbocycles. The smallest absolute Gasteiger partial charge is 0.126 e. The number of hydrogen-bond acceptors (Lipinski definition) is 4. The maximum Gasteiger partial charge on any atom is 0.126 e. The summed E-state index contributed by atoms with van der Waals surface area (Å²) in [4.78, 5) is 10.2. The second-order valence-corrected chi connectivity index (χ2v) is 15.8. The van der Waals surface area contributed by atoms with Crippen LogP contribution in [-0.4, -0.2) is 16.3 Å². The van der Waals surface area contributed by atoms with Gasteiger partial charge >= 0.3 is 0 Å². The number of phenolic OH excluding ortho intramolecular Hbond substituents is 1.